The van der Waals surface area contributed by atoms with Crippen LogP contribution in [0.15, 0.2) is 34.0 Å². The Labute approximate surface area is 128 Å². The van der Waals surface area contributed by atoms with Gasteiger partial charge in [0.25, 0.3) is 17.4 Å². The Balaban J connectivity index is 2.38. The lowest BCUT2D eigenvalue weighted by molar-refractivity contribution is 0.0880. The van der Waals surface area contributed by atoms with E-state index in [2.05, 4.69) is 17.9 Å². The quantitative estimate of drug-likeness (QED) is 0.544. The first-order valence-corrected chi connectivity index (χ1v) is 6.63. The van der Waals surface area contributed by atoms with E-state index in [-0.39, 0.29) is 16.9 Å². The second-order valence-electron chi connectivity index (χ2n) is 4.41. The Morgan fingerprint density at radius 3 is 2.57 bits per heavy atom. The molecule has 0 spiro atoms. The van der Waals surface area contributed by atoms with Gasteiger partial charge in [-0.3, -0.25) is 24.3 Å². The smallest absolute Gasteiger partial charge is 0.262 e. The van der Waals surface area contributed by atoms with Crippen molar-refractivity contribution in [1.82, 2.24) is 9.88 Å². The largest absolute Gasteiger partial charge is 0.384 e. The number of nitrogens with one attached hydrogen (secondary N) is 1. The monoisotopic (exact) mass is 321 g/mol. The third kappa shape index (κ3) is 2.01. The molecule has 2 aromatic rings. The number of nitrogens with two attached hydrogens (primary N) is 1. The van der Waals surface area contributed by atoms with E-state index in [0.717, 1.165) is 10.6 Å². The maximum atomic E-state index is 12.2. The van der Waals surface area contributed by atoms with Gasteiger partial charge in [-0.15, -0.1) is 12.6 Å². The van der Waals surface area contributed by atoms with Gasteiger partial charge in [-0.2, -0.15) is 0 Å². The van der Waals surface area contributed by atoms with E-state index in [1.807, 2.05) is 0 Å². The number of carbonyl (C=O) groups is 2. The predicted molar refractivity (Wildman–Crippen MR) is 80.5 cm³/mol. The Kier molecular flexibility index (Phi) is 3.03. The highest BCUT2D eigenvalue weighted by Crippen LogP contribution is 2.27. The van der Waals surface area contributed by atoms with Gasteiger partial charge in [-0.1, -0.05) is 11.6 Å². The van der Waals surface area contributed by atoms with Crippen LogP contribution in [0.3, 0.4) is 0 Å². The molecule has 3 rings (SSSR count). The molecule has 8 heteroatoms. The Morgan fingerprint density at radius 2 is 1.86 bits per heavy atom. The lowest BCUT2D eigenvalue weighted by Gasteiger charge is -2.13. The molecule has 1 aliphatic rings. The number of imide groups is 1. The molecule has 3 N–H and O–H groups in total. The average molecular weight is 322 g/mol. The predicted octanol–water partition coefficient (Wildman–Crippen LogP) is 1.25. The fraction of sp³-hybridized carbons (Fsp3) is 0. The van der Waals surface area contributed by atoms with Crippen LogP contribution in [0.25, 0.3) is 5.69 Å². The van der Waals surface area contributed by atoms with Crippen molar-refractivity contribution in [2.24, 2.45) is 0 Å². The first-order valence-electron chi connectivity index (χ1n) is 5.80. The average Bonchev–Trinajstić information content (AvgIpc) is 2.68. The van der Waals surface area contributed by atoms with Crippen molar-refractivity contribution in [2.45, 2.75) is 4.90 Å². The number of thiol groups is 1. The number of fused-ring (bicyclic) bond motifs is 1. The van der Waals surface area contributed by atoms with E-state index in [1.54, 1.807) is 12.1 Å². The minimum Gasteiger partial charge on any atom is -0.384 e. The molecular formula is C13H8ClN3O3S. The number of carbonyl (C=O) groups excluding carboxylic acids is 2. The zero-order chi connectivity index (χ0) is 15.3. The van der Waals surface area contributed by atoms with Crippen LogP contribution < -0.4 is 16.6 Å². The minimum atomic E-state index is -0.636. The van der Waals surface area contributed by atoms with E-state index >= 15 is 0 Å². The third-order valence-electron chi connectivity index (χ3n) is 3.13. The fourth-order valence-corrected chi connectivity index (χ4v) is 2.61. The van der Waals surface area contributed by atoms with Crippen LogP contribution >= 0.6 is 24.2 Å². The minimum absolute atomic E-state index is 0.0210. The number of hydrogen-bond acceptors (Lipinski definition) is 5. The highest BCUT2D eigenvalue weighted by atomic mass is 35.5. The third-order valence-corrected chi connectivity index (χ3v) is 3.74. The Morgan fingerprint density at radius 1 is 1.14 bits per heavy atom. The molecule has 2 amide bonds. The number of halogens is 1. The van der Waals surface area contributed by atoms with E-state index in [4.69, 9.17) is 17.3 Å². The molecule has 2 heterocycles. The zero-order valence-electron chi connectivity index (χ0n) is 10.4. The van der Waals surface area contributed by atoms with E-state index < -0.39 is 17.4 Å². The maximum absolute atomic E-state index is 12.2. The number of rotatable bonds is 1. The normalized spacial score (nSPS) is 13.2. The molecule has 0 saturated carbocycles. The standard InChI is InChI=1S/C13H8ClN3O3S/c14-5-1-2-8(21)7(3-5)17-9(18)4-6-10(11(17)15)13(20)16-12(6)19/h1-4,21H,15H2,(H,16,19,20). The van der Waals surface area contributed by atoms with Crippen molar-refractivity contribution in [1.29, 1.82) is 0 Å². The molecule has 0 saturated heterocycles. The van der Waals surface area contributed by atoms with Gasteiger partial charge in [0.05, 0.1) is 16.8 Å². The molecule has 0 radical (unpaired) electrons. The summed E-state index contributed by atoms with van der Waals surface area (Å²) in [5.74, 6) is -1.40. The van der Waals surface area contributed by atoms with Crippen molar-refractivity contribution in [2.75, 3.05) is 5.73 Å². The summed E-state index contributed by atoms with van der Waals surface area (Å²) >= 11 is 10.2. The lowest BCUT2D eigenvalue weighted by Crippen LogP contribution is -2.24. The molecule has 0 bridgehead atoms. The molecular weight excluding hydrogens is 314 g/mol. The number of nitrogens with zero attached hydrogens (tertiary/aromatic N) is 1. The van der Waals surface area contributed by atoms with Crippen LogP contribution in [0.1, 0.15) is 20.7 Å². The van der Waals surface area contributed by atoms with Gasteiger partial charge in [0.2, 0.25) is 0 Å². The van der Waals surface area contributed by atoms with Gasteiger partial charge < -0.3 is 5.73 Å². The molecule has 0 atom stereocenters. The van der Waals surface area contributed by atoms with Crippen molar-refractivity contribution >= 4 is 41.9 Å². The van der Waals surface area contributed by atoms with E-state index in [0.29, 0.717) is 15.6 Å². The van der Waals surface area contributed by atoms with Crippen molar-refractivity contribution in [3.63, 3.8) is 0 Å². The highest BCUT2D eigenvalue weighted by Gasteiger charge is 2.32. The van der Waals surface area contributed by atoms with Gasteiger partial charge in [0, 0.05) is 16.0 Å². The van der Waals surface area contributed by atoms with E-state index in [1.165, 1.54) is 6.07 Å². The molecule has 0 aliphatic carbocycles. The molecule has 1 aromatic heterocycles. The maximum Gasteiger partial charge on any atom is 0.262 e. The summed E-state index contributed by atoms with van der Waals surface area (Å²) in [6, 6.07) is 5.78. The summed E-state index contributed by atoms with van der Waals surface area (Å²) in [5.41, 5.74) is 5.65. The summed E-state index contributed by atoms with van der Waals surface area (Å²) in [6.45, 7) is 0. The molecule has 0 fully saturated rings. The topological polar surface area (TPSA) is 94.2 Å². The molecule has 1 aliphatic heterocycles. The highest BCUT2D eigenvalue weighted by molar-refractivity contribution is 7.80. The van der Waals surface area contributed by atoms with Crippen LogP contribution in [-0.2, 0) is 0 Å². The van der Waals surface area contributed by atoms with Crippen LogP contribution in [-0.4, -0.2) is 16.4 Å². The van der Waals surface area contributed by atoms with Crippen molar-refractivity contribution < 1.29 is 9.59 Å². The number of anilines is 1. The summed E-state index contributed by atoms with van der Waals surface area (Å²) in [7, 11) is 0. The Hall–Kier alpha value is -2.25. The summed E-state index contributed by atoms with van der Waals surface area (Å²) in [5, 5.41) is 2.48. The van der Waals surface area contributed by atoms with Crippen molar-refractivity contribution in [3.8, 4) is 5.69 Å². The van der Waals surface area contributed by atoms with Crippen LogP contribution in [0.2, 0.25) is 5.02 Å². The van der Waals surface area contributed by atoms with Crippen LogP contribution in [0.4, 0.5) is 5.82 Å². The SMILES string of the molecule is Nc1c2c(cc(=O)n1-c1cc(Cl)ccc1S)C(=O)NC2=O. The fourth-order valence-electron chi connectivity index (χ4n) is 2.20. The van der Waals surface area contributed by atoms with Gasteiger partial charge in [-0.05, 0) is 18.2 Å². The Bertz CT molecular complexity index is 876. The second-order valence-corrected chi connectivity index (χ2v) is 5.33. The number of benzene rings is 1. The lowest BCUT2D eigenvalue weighted by atomic mass is 10.1. The number of aromatic nitrogens is 1. The second kappa shape index (κ2) is 4.64. The zero-order valence-corrected chi connectivity index (χ0v) is 12.0. The number of amides is 2. The number of hydrogen-bond donors (Lipinski definition) is 3. The number of pyridine rings is 1. The number of nitrogen functional groups attached to an aromatic ring is 1. The van der Waals surface area contributed by atoms with Crippen molar-refractivity contribution in [3.05, 3.63) is 50.8 Å². The summed E-state index contributed by atoms with van der Waals surface area (Å²) < 4.78 is 1.10. The molecule has 6 nitrogen and oxygen atoms in total. The van der Waals surface area contributed by atoms with E-state index in [9.17, 15) is 14.4 Å². The summed E-state index contributed by atoms with van der Waals surface area (Å²) in [4.78, 5) is 36.0. The van der Waals surface area contributed by atoms with Gasteiger partial charge in [-0.25, -0.2) is 0 Å². The van der Waals surface area contributed by atoms with Gasteiger partial charge >= 0.3 is 0 Å². The first-order chi connectivity index (χ1) is 9.90. The van der Waals surface area contributed by atoms with Crippen LogP contribution in [0, 0.1) is 0 Å². The first kappa shape index (κ1) is 13.7. The molecule has 21 heavy (non-hydrogen) atoms. The summed E-state index contributed by atoms with van der Waals surface area (Å²) in [6.07, 6.45) is 0. The van der Waals surface area contributed by atoms with Gasteiger partial charge in [0.1, 0.15) is 5.82 Å². The molecule has 0 unspecified atom stereocenters. The molecule has 1 aromatic carbocycles. The van der Waals surface area contributed by atoms with Gasteiger partial charge in [0.15, 0.2) is 0 Å². The molecule has 106 valence electrons. The van der Waals surface area contributed by atoms with Crippen LogP contribution in [0.5, 0.6) is 0 Å².